The van der Waals surface area contributed by atoms with Gasteiger partial charge in [-0.1, -0.05) is 72.3 Å². The molecule has 0 N–H and O–H groups in total. The van der Waals surface area contributed by atoms with E-state index in [1.54, 1.807) is 0 Å². The Balaban J connectivity index is 1.24. The molecule has 1 fully saturated rings. The van der Waals surface area contributed by atoms with E-state index in [1.807, 2.05) is 42.3 Å². The number of halogens is 1. The van der Waals surface area contributed by atoms with Crippen LogP contribution in [0.2, 0.25) is 5.02 Å². The first-order chi connectivity index (χ1) is 17.1. The Morgan fingerprint density at radius 2 is 1.57 bits per heavy atom. The fourth-order valence-corrected chi connectivity index (χ4v) is 5.30. The lowest BCUT2D eigenvalue weighted by atomic mass is 9.95. The molecule has 0 radical (unpaired) electrons. The molecule has 0 saturated carbocycles. The van der Waals surface area contributed by atoms with Gasteiger partial charge in [-0.2, -0.15) is 0 Å². The molecule has 0 unspecified atom stereocenters. The maximum Gasteiger partial charge on any atom is 0.225 e. The molecule has 1 aliphatic rings. The summed E-state index contributed by atoms with van der Waals surface area (Å²) in [6, 6.07) is 29.2. The normalized spacial score (nSPS) is 14.9. The highest BCUT2D eigenvalue weighted by atomic mass is 35.5. The second kappa shape index (κ2) is 10.7. The number of benzene rings is 3. The van der Waals surface area contributed by atoms with Crippen molar-refractivity contribution in [2.45, 2.75) is 32.5 Å². The average molecular weight is 486 g/mol. The molecule has 1 aromatic heterocycles. The van der Waals surface area contributed by atoms with E-state index < -0.39 is 0 Å². The lowest BCUT2D eigenvalue weighted by Gasteiger charge is -2.33. The number of aromatic nitrogens is 1. The van der Waals surface area contributed by atoms with E-state index in [2.05, 4.69) is 64.1 Å². The van der Waals surface area contributed by atoms with Gasteiger partial charge in [0.05, 0.1) is 0 Å². The summed E-state index contributed by atoms with van der Waals surface area (Å²) in [6.45, 7) is 4.27. The number of carbonyl (C=O) groups is 1. The summed E-state index contributed by atoms with van der Waals surface area (Å²) in [4.78, 5) is 17.4. The molecule has 35 heavy (non-hydrogen) atoms. The average Bonchev–Trinajstić information content (AvgIpc) is 3.22. The summed E-state index contributed by atoms with van der Waals surface area (Å²) in [5, 5.41) is 2.03. The quantitative estimate of drug-likeness (QED) is 0.311. The van der Waals surface area contributed by atoms with Gasteiger partial charge in [0.1, 0.15) is 0 Å². The van der Waals surface area contributed by atoms with E-state index >= 15 is 0 Å². The van der Waals surface area contributed by atoms with Crippen LogP contribution in [0, 0.1) is 5.92 Å². The minimum Gasteiger partial charge on any atom is -0.341 e. The zero-order valence-corrected chi connectivity index (χ0v) is 21.0. The number of carbonyl (C=O) groups excluding carboxylic acids is 1. The Hall–Kier alpha value is -3.08. The molecule has 1 amide bonds. The molecule has 180 valence electrons. The first-order valence-corrected chi connectivity index (χ1v) is 12.8. The van der Waals surface area contributed by atoms with Gasteiger partial charge in [-0.05, 0) is 66.7 Å². The third-order valence-corrected chi connectivity index (χ3v) is 7.36. The van der Waals surface area contributed by atoms with Crippen molar-refractivity contribution in [3.63, 3.8) is 0 Å². The molecule has 5 heteroatoms. The van der Waals surface area contributed by atoms with Crippen LogP contribution >= 0.6 is 11.6 Å². The smallest absolute Gasteiger partial charge is 0.225 e. The number of hydrogen-bond acceptors (Lipinski definition) is 2. The predicted molar refractivity (Wildman–Crippen MR) is 143 cm³/mol. The number of para-hydroxylation sites is 1. The summed E-state index contributed by atoms with van der Waals surface area (Å²) < 4.78 is 2.42. The van der Waals surface area contributed by atoms with Crippen LogP contribution in [0.15, 0.2) is 84.9 Å². The monoisotopic (exact) mass is 485 g/mol. The van der Waals surface area contributed by atoms with Crippen molar-refractivity contribution in [3.8, 4) is 0 Å². The first kappa shape index (κ1) is 23.7. The van der Waals surface area contributed by atoms with E-state index in [-0.39, 0.29) is 11.8 Å². The van der Waals surface area contributed by atoms with Crippen molar-refractivity contribution >= 4 is 28.4 Å². The molecular formula is C30H32ClN3O. The molecule has 0 aliphatic carbocycles. The van der Waals surface area contributed by atoms with Gasteiger partial charge < -0.3 is 9.47 Å². The highest BCUT2D eigenvalue weighted by Crippen LogP contribution is 2.26. The number of likely N-dealkylation sites (tertiary alicyclic amines) is 1. The first-order valence-electron chi connectivity index (χ1n) is 12.4. The molecule has 4 aromatic rings. The second-order valence-corrected chi connectivity index (χ2v) is 10.1. The van der Waals surface area contributed by atoms with Crippen LogP contribution < -0.4 is 0 Å². The third-order valence-electron chi connectivity index (χ3n) is 7.11. The minimum absolute atomic E-state index is 0.111. The second-order valence-electron chi connectivity index (χ2n) is 9.64. The van der Waals surface area contributed by atoms with Gasteiger partial charge in [-0.3, -0.25) is 9.69 Å². The zero-order valence-electron chi connectivity index (χ0n) is 20.2. The van der Waals surface area contributed by atoms with Gasteiger partial charge in [0, 0.05) is 48.8 Å². The van der Waals surface area contributed by atoms with Gasteiger partial charge >= 0.3 is 0 Å². The Bertz CT molecular complexity index is 1270. The van der Waals surface area contributed by atoms with E-state index in [0.717, 1.165) is 44.0 Å². The molecular weight excluding hydrogens is 454 g/mol. The van der Waals surface area contributed by atoms with Crippen molar-refractivity contribution in [1.82, 2.24) is 14.4 Å². The van der Waals surface area contributed by atoms with E-state index in [4.69, 9.17) is 11.6 Å². The fourth-order valence-electron chi connectivity index (χ4n) is 5.17. The highest BCUT2D eigenvalue weighted by molar-refractivity contribution is 6.30. The number of piperidine rings is 1. The van der Waals surface area contributed by atoms with Gasteiger partial charge in [0.2, 0.25) is 5.91 Å². The Morgan fingerprint density at radius 3 is 2.31 bits per heavy atom. The molecule has 0 bridgehead atoms. The Morgan fingerprint density at radius 1 is 0.886 bits per heavy atom. The molecule has 0 spiro atoms. The van der Waals surface area contributed by atoms with Crippen LogP contribution in [0.5, 0.6) is 0 Å². The summed E-state index contributed by atoms with van der Waals surface area (Å²) in [6.07, 6.45) is 1.82. The number of amides is 1. The van der Waals surface area contributed by atoms with Crippen molar-refractivity contribution in [3.05, 3.63) is 107 Å². The lowest BCUT2D eigenvalue weighted by Crippen LogP contribution is -2.41. The zero-order chi connectivity index (χ0) is 24.2. The van der Waals surface area contributed by atoms with Crippen LogP contribution in [0.3, 0.4) is 0 Å². The number of fused-ring (bicyclic) bond motifs is 1. The van der Waals surface area contributed by atoms with Crippen LogP contribution in [-0.2, 0) is 24.4 Å². The summed E-state index contributed by atoms with van der Waals surface area (Å²) in [7, 11) is 1.93. The maximum atomic E-state index is 13.1. The summed E-state index contributed by atoms with van der Waals surface area (Å²) >= 11 is 6.10. The Kier molecular flexibility index (Phi) is 7.21. The largest absolute Gasteiger partial charge is 0.341 e. The van der Waals surface area contributed by atoms with E-state index in [9.17, 15) is 4.79 Å². The number of rotatable bonds is 7. The van der Waals surface area contributed by atoms with Gasteiger partial charge in [-0.15, -0.1) is 0 Å². The van der Waals surface area contributed by atoms with Crippen molar-refractivity contribution in [2.24, 2.45) is 5.92 Å². The molecule has 1 saturated heterocycles. The van der Waals surface area contributed by atoms with Crippen LogP contribution in [0.1, 0.15) is 29.7 Å². The van der Waals surface area contributed by atoms with Crippen molar-refractivity contribution in [1.29, 1.82) is 0 Å². The lowest BCUT2D eigenvalue weighted by molar-refractivity contribution is -0.136. The van der Waals surface area contributed by atoms with Crippen LogP contribution in [-0.4, -0.2) is 40.4 Å². The SMILES string of the molecule is CN(Cc1ccccc1)C(=O)C1CCN(Cc2cc3ccccc3n2Cc2ccc(Cl)cc2)CC1. The third kappa shape index (κ3) is 5.61. The van der Waals surface area contributed by atoms with Gasteiger partial charge in [0.25, 0.3) is 0 Å². The van der Waals surface area contributed by atoms with E-state index in [0.29, 0.717) is 6.54 Å². The minimum atomic E-state index is 0.111. The molecule has 2 heterocycles. The summed E-state index contributed by atoms with van der Waals surface area (Å²) in [5.41, 5.74) is 4.98. The molecule has 5 rings (SSSR count). The van der Waals surface area contributed by atoms with Crippen molar-refractivity contribution in [2.75, 3.05) is 20.1 Å². The summed E-state index contributed by atoms with van der Waals surface area (Å²) in [5.74, 6) is 0.380. The molecule has 0 atom stereocenters. The fraction of sp³-hybridized carbons (Fsp3) is 0.300. The number of nitrogens with zero attached hydrogens (tertiary/aromatic N) is 3. The standard InChI is InChI=1S/C30H32ClN3O/c1-32(20-23-7-3-2-4-8-23)30(35)25-15-17-33(18-16-25)22-28-19-26-9-5-6-10-29(26)34(28)21-24-11-13-27(31)14-12-24/h2-14,19,25H,15-18,20-22H2,1H3. The van der Waals surface area contributed by atoms with Gasteiger partial charge in [-0.25, -0.2) is 0 Å². The molecule has 1 aliphatic heterocycles. The van der Waals surface area contributed by atoms with Gasteiger partial charge in [0.15, 0.2) is 0 Å². The number of hydrogen-bond donors (Lipinski definition) is 0. The molecule has 3 aromatic carbocycles. The van der Waals surface area contributed by atoms with Crippen molar-refractivity contribution < 1.29 is 4.79 Å². The predicted octanol–water partition coefficient (Wildman–Crippen LogP) is 6.21. The maximum absolute atomic E-state index is 13.1. The van der Waals surface area contributed by atoms with E-state index in [1.165, 1.54) is 27.7 Å². The van der Waals surface area contributed by atoms with Crippen LogP contribution in [0.25, 0.3) is 10.9 Å². The molecule has 4 nitrogen and oxygen atoms in total. The highest BCUT2D eigenvalue weighted by Gasteiger charge is 2.27. The van der Waals surface area contributed by atoms with Crippen LogP contribution in [0.4, 0.5) is 0 Å². The Labute approximate surface area is 212 Å². The topological polar surface area (TPSA) is 28.5 Å².